The number of alkyl halides is 5. The average Bonchev–Trinajstić information content (AvgIpc) is 2.85. The van der Waals surface area contributed by atoms with Crippen molar-refractivity contribution in [1.29, 1.82) is 0 Å². The molecule has 0 aliphatic carbocycles. The molecule has 0 amide bonds. The Morgan fingerprint density at radius 2 is 1.85 bits per heavy atom. The highest BCUT2D eigenvalue weighted by Gasteiger charge is 2.36. The second-order valence-corrected chi connectivity index (χ2v) is 8.23. The lowest BCUT2D eigenvalue weighted by Gasteiger charge is -2.10. The number of anilines is 1. The van der Waals surface area contributed by atoms with Gasteiger partial charge in [0, 0.05) is 18.3 Å². The van der Waals surface area contributed by atoms with E-state index in [-0.39, 0.29) is 22.6 Å². The number of unbranched alkanes of at least 4 members (excludes halogenated alkanes) is 2. The highest BCUT2D eigenvalue weighted by Crippen LogP contribution is 2.29. The van der Waals surface area contributed by atoms with Gasteiger partial charge in [-0.05, 0) is 42.1 Å². The van der Waals surface area contributed by atoms with Crippen molar-refractivity contribution >= 4 is 16.5 Å². The van der Waals surface area contributed by atoms with Gasteiger partial charge >= 0.3 is 12.8 Å². The summed E-state index contributed by atoms with van der Waals surface area (Å²) in [6.45, 7) is -0.270. The Bertz CT molecular complexity index is 1530. The van der Waals surface area contributed by atoms with Crippen molar-refractivity contribution in [3.63, 3.8) is 0 Å². The van der Waals surface area contributed by atoms with Gasteiger partial charge in [0.2, 0.25) is 0 Å². The van der Waals surface area contributed by atoms with Crippen LogP contribution in [0.4, 0.5) is 32.0 Å². The normalized spacial score (nSPS) is 11.4. The van der Waals surface area contributed by atoms with Crippen molar-refractivity contribution in [3.05, 3.63) is 81.0 Å². The second-order valence-electron chi connectivity index (χ2n) is 8.23. The average molecular weight is 555 g/mol. The summed E-state index contributed by atoms with van der Waals surface area (Å²) in [5.41, 5.74) is 1.72. The number of halogens is 6. The lowest BCUT2D eigenvalue weighted by Crippen LogP contribution is -2.24. The number of hydrogen-bond acceptors (Lipinski definition) is 6. The summed E-state index contributed by atoms with van der Waals surface area (Å²) in [7, 11) is 0. The number of benzene rings is 1. The number of aromatic amines is 1. The van der Waals surface area contributed by atoms with E-state index in [0.29, 0.717) is 17.3 Å². The van der Waals surface area contributed by atoms with Crippen LogP contribution in [0.25, 0.3) is 22.0 Å². The fourth-order valence-corrected chi connectivity index (χ4v) is 3.63. The number of ether oxygens (including phenoxy) is 1. The van der Waals surface area contributed by atoms with Gasteiger partial charge < -0.3 is 15.0 Å². The zero-order valence-corrected chi connectivity index (χ0v) is 20.4. The minimum atomic E-state index is -4.74. The molecule has 39 heavy (non-hydrogen) atoms. The number of pyridine rings is 2. The number of aromatic nitrogens is 4. The fourth-order valence-electron chi connectivity index (χ4n) is 3.63. The first-order valence-corrected chi connectivity index (χ1v) is 11.6. The molecule has 8 nitrogen and oxygen atoms in total. The summed E-state index contributed by atoms with van der Waals surface area (Å²) in [5, 5.41) is 5.63. The van der Waals surface area contributed by atoms with Gasteiger partial charge in [0.1, 0.15) is 17.1 Å². The summed E-state index contributed by atoms with van der Waals surface area (Å²) in [6.07, 6.45) is 1.78. The summed E-state index contributed by atoms with van der Waals surface area (Å²) in [4.78, 5) is 27.1. The van der Waals surface area contributed by atoms with Crippen LogP contribution in [0.1, 0.15) is 31.7 Å². The van der Waals surface area contributed by atoms with Crippen LogP contribution in [0.15, 0.2) is 58.5 Å². The summed E-state index contributed by atoms with van der Waals surface area (Å²) in [5.74, 6) is -0.703. The highest BCUT2D eigenvalue weighted by molar-refractivity contribution is 5.86. The Hall–Kier alpha value is -4.36. The number of aryl methyl sites for hydroxylation is 1. The van der Waals surface area contributed by atoms with E-state index in [4.69, 9.17) is 5.73 Å². The quantitative estimate of drug-likeness (QED) is 0.234. The molecule has 0 aliphatic rings. The van der Waals surface area contributed by atoms with Crippen molar-refractivity contribution in [3.8, 4) is 17.0 Å². The second kappa shape index (κ2) is 12.5. The molecule has 4 aromatic rings. The Morgan fingerprint density at radius 3 is 2.41 bits per heavy atom. The third-order valence-electron chi connectivity index (χ3n) is 5.47. The molecule has 3 heterocycles. The first kappa shape index (κ1) is 29.2. The van der Waals surface area contributed by atoms with Crippen LogP contribution >= 0.6 is 0 Å². The van der Waals surface area contributed by atoms with Crippen molar-refractivity contribution in [2.75, 3.05) is 5.73 Å². The Labute approximate surface area is 217 Å². The summed E-state index contributed by atoms with van der Waals surface area (Å²) < 4.78 is 80.8. The standard InChI is InChI=1S/C20H19F3N2O2.C5H4F3N3O/c1-2-3-4-8-25-9-7-13-10-16(17(21)11-15(13)19(25)26)18-6-5-14(12-24-18)27-20(22)23;6-5(7,8)3-2(9)1-10-11-4(3)12/h5-7,9-12,20H,2-4,8H2,1H3;1H,(H3,9,11,12). The SMILES string of the molecule is CCCCCn1ccc2cc(-c3ccc(OC(F)F)cn3)c(F)cc2c1=O.Nc1cn[nH]c(=O)c1C(F)(F)F. The molecule has 4 rings (SSSR count). The molecular weight excluding hydrogens is 532 g/mol. The predicted molar refractivity (Wildman–Crippen MR) is 132 cm³/mol. The minimum Gasteiger partial charge on any atom is -0.433 e. The van der Waals surface area contributed by atoms with Crippen LogP contribution in [-0.2, 0) is 12.7 Å². The van der Waals surface area contributed by atoms with Gasteiger partial charge in [0.05, 0.1) is 29.2 Å². The molecule has 3 aromatic heterocycles. The van der Waals surface area contributed by atoms with E-state index in [0.717, 1.165) is 31.7 Å². The van der Waals surface area contributed by atoms with Crippen LogP contribution in [0, 0.1) is 5.82 Å². The third kappa shape index (κ3) is 7.36. The van der Waals surface area contributed by atoms with E-state index < -0.39 is 35.4 Å². The first-order chi connectivity index (χ1) is 18.4. The van der Waals surface area contributed by atoms with E-state index in [1.54, 1.807) is 28.0 Å². The van der Waals surface area contributed by atoms with Crippen molar-refractivity contribution in [2.24, 2.45) is 0 Å². The number of nitrogens with one attached hydrogen (secondary N) is 1. The predicted octanol–water partition coefficient (Wildman–Crippen LogP) is 5.37. The molecule has 0 fully saturated rings. The van der Waals surface area contributed by atoms with Crippen molar-refractivity contribution in [2.45, 2.75) is 45.5 Å². The topological polar surface area (TPSA) is 116 Å². The van der Waals surface area contributed by atoms with Gasteiger partial charge in [-0.3, -0.25) is 14.6 Å². The highest BCUT2D eigenvalue weighted by atomic mass is 19.4. The lowest BCUT2D eigenvalue weighted by molar-refractivity contribution is -0.138. The van der Waals surface area contributed by atoms with Gasteiger partial charge in [0.25, 0.3) is 11.1 Å². The van der Waals surface area contributed by atoms with E-state index in [1.165, 1.54) is 18.2 Å². The molecule has 0 atom stereocenters. The van der Waals surface area contributed by atoms with E-state index in [2.05, 4.69) is 21.7 Å². The number of nitrogens with zero attached hydrogens (tertiary/aromatic N) is 3. The van der Waals surface area contributed by atoms with E-state index in [1.807, 2.05) is 0 Å². The molecule has 0 radical (unpaired) electrons. The van der Waals surface area contributed by atoms with Gasteiger partial charge in [-0.15, -0.1) is 0 Å². The van der Waals surface area contributed by atoms with Gasteiger partial charge in [-0.25, -0.2) is 9.49 Å². The largest absolute Gasteiger partial charge is 0.433 e. The Morgan fingerprint density at radius 1 is 1.10 bits per heavy atom. The van der Waals surface area contributed by atoms with Crippen LogP contribution in [-0.4, -0.2) is 26.4 Å². The zero-order valence-electron chi connectivity index (χ0n) is 20.4. The molecule has 0 saturated carbocycles. The maximum absolute atomic E-state index is 14.6. The molecule has 14 heteroatoms. The molecule has 0 aliphatic heterocycles. The lowest BCUT2D eigenvalue weighted by atomic mass is 10.0. The summed E-state index contributed by atoms with van der Waals surface area (Å²) in [6, 6.07) is 7.20. The molecule has 208 valence electrons. The smallest absolute Gasteiger partial charge is 0.423 e. The number of nitrogen functional groups attached to an aromatic ring is 1. The minimum absolute atomic E-state index is 0.107. The first-order valence-electron chi connectivity index (χ1n) is 11.6. The van der Waals surface area contributed by atoms with Gasteiger partial charge in [-0.1, -0.05) is 19.8 Å². The maximum Gasteiger partial charge on any atom is 0.423 e. The van der Waals surface area contributed by atoms with Gasteiger partial charge in [-0.2, -0.15) is 27.1 Å². The molecule has 1 aromatic carbocycles. The Balaban J connectivity index is 0.000000293. The van der Waals surface area contributed by atoms with Crippen LogP contribution in [0.2, 0.25) is 0 Å². The van der Waals surface area contributed by atoms with Crippen molar-refractivity contribution < 1.29 is 31.1 Å². The van der Waals surface area contributed by atoms with Crippen LogP contribution in [0.5, 0.6) is 5.75 Å². The number of rotatable bonds is 7. The monoisotopic (exact) mass is 555 g/mol. The molecule has 0 bridgehead atoms. The van der Waals surface area contributed by atoms with Crippen LogP contribution < -0.4 is 21.6 Å². The maximum atomic E-state index is 14.6. The zero-order chi connectivity index (χ0) is 28.7. The van der Waals surface area contributed by atoms with Crippen molar-refractivity contribution in [1.82, 2.24) is 19.7 Å². The molecule has 0 spiro atoms. The summed E-state index contributed by atoms with van der Waals surface area (Å²) >= 11 is 0. The molecule has 0 unspecified atom stereocenters. The van der Waals surface area contributed by atoms with E-state index >= 15 is 0 Å². The number of hydrogen-bond donors (Lipinski definition) is 2. The van der Waals surface area contributed by atoms with E-state index in [9.17, 15) is 35.9 Å². The third-order valence-corrected chi connectivity index (χ3v) is 5.47. The molecular formula is C25H23F6N5O3. The number of fused-ring (bicyclic) bond motifs is 1. The number of H-pyrrole nitrogens is 1. The van der Waals surface area contributed by atoms with Gasteiger partial charge in [0.15, 0.2) is 0 Å². The number of nitrogens with two attached hydrogens (primary N) is 1. The van der Waals surface area contributed by atoms with Crippen LogP contribution in [0.3, 0.4) is 0 Å². The Kier molecular flexibility index (Phi) is 9.33. The fraction of sp³-hybridized carbons (Fsp3) is 0.280. The molecule has 0 saturated heterocycles. The molecule has 3 N–H and O–H groups in total.